The number of phenols is 1. The lowest BCUT2D eigenvalue weighted by Crippen LogP contribution is -2.63. The highest BCUT2D eigenvalue weighted by Gasteiger charge is 2.61. The van der Waals surface area contributed by atoms with Gasteiger partial charge in [0, 0.05) is 13.0 Å². The van der Waals surface area contributed by atoms with Crippen LogP contribution in [0.4, 0.5) is 0 Å². The minimum atomic E-state index is -2.39. The van der Waals surface area contributed by atoms with E-state index in [0.29, 0.717) is 5.56 Å². The lowest BCUT2D eigenvalue weighted by Gasteiger charge is -2.44. The van der Waals surface area contributed by atoms with E-state index >= 15 is 0 Å². The minimum absolute atomic E-state index is 0.0184. The van der Waals surface area contributed by atoms with Gasteiger partial charge >= 0.3 is 11.9 Å². The van der Waals surface area contributed by atoms with Crippen molar-refractivity contribution in [3.63, 3.8) is 0 Å². The Morgan fingerprint density at radius 1 is 0.973 bits per heavy atom. The van der Waals surface area contributed by atoms with Crippen LogP contribution < -0.4 is 0 Å². The Hall–Kier alpha value is -2.66. The molecule has 14 heteroatoms. The van der Waals surface area contributed by atoms with Crippen molar-refractivity contribution in [3.8, 4) is 5.75 Å². The maximum absolute atomic E-state index is 12.5. The number of hydrogen-bond acceptors (Lipinski definition) is 14. The summed E-state index contributed by atoms with van der Waals surface area (Å²) in [4.78, 5) is 24.0. The maximum atomic E-state index is 12.5. The van der Waals surface area contributed by atoms with Crippen LogP contribution >= 0.6 is 0 Å². The molecular weight excluding hydrogens is 500 g/mol. The molecule has 0 aliphatic carbocycles. The molecule has 3 rings (SSSR count). The van der Waals surface area contributed by atoms with E-state index in [4.69, 9.17) is 23.7 Å². The molecule has 0 radical (unpaired) electrons. The van der Waals surface area contributed by atoms with Gasteiger partial charge in [0.2, 0.25) is 5.79 Å². The first-order chi connectivity index (χ1) is 17.5. The molecule has 0 amide bonds. The van der Waals surface area contributed by atoms with E-state index in [1.165, 1.54) is 30.3 Å². The van der Waals surface area contributed by atoms with Crippen molar-refractivity contribution in [2.24, 2.45) is 0 Å². The molecule has 1 aromatic carbocycles. The van der Waals surface area contributed by atoms with Crippen molar-refractivity contribution in [1.29, 1.82) is 0 Å². The van der Waals surface area contributed by atoms with E-state index in [2.05, 4.69) is 0 Å². The molecule has 7 N–H and O–H groups in total. The van der Waals surface area contributed by atoms with E-state index in [0.717, 1.165) is 13.0 Å². The highest BCUT2D eigenvalue weighted by molar-refractivity contribution is 5.87. The summed E-state index contributed by atoms with van der Waals surface area (Å²) in [6.45, 7) is -1.60. The van der Waals surface area contributed by atoms with Gasteiger partial charge in [-0.25, -0.2) is 4.79 Å². The van der Waals surface area contributed by atoms with Gasteiger partial charge in [0.15, 0.2) is 18.5 Å². The first kappa shape index (κ1) is 28.9. The van der Waals surface area contributed by atoms with Crippen molar-refractivity contribution < 1.29 is 69.0 Å². The number of rotatable bonds is 9. The van der Waals surface area contributed by atoms with Crippen LogP contribution in [-0.4, -0.2) is 122 Å². The van der Waals surface area contributed by atoms with Gasteiger partial charge in [-0.1, -0.05) is 12.1 Å². The third-order valence-corrected chi connectivity index (χ3v) is 5.86. The van der Waals surface area contributed by atoms with E-state index < -0.39 is 86.6 Å². The standard InChI is InChI=1S/C23H30O14/c1-11(27)33-20-17(30)14(8-24)34-22(19(20)32)37-23(10-26)21(18(31)15(9-25)36-23)35-16(29)7-4-12-2-5-13(28)6-3-12/h2-7,14-15,17-22,24-26,28,30-32H,8-10H2,1H3/b7-4+/t14-,15-,17-,18-,19-,20+,21+,22-,23+/m1/s1. The smallest absolute Gasteiger partial charge is 0.331 e. The number of aromatic hydroxyl groups is 1. The number of aliphatic hydroxyl groups excluding tert-OH is 6. The zero-order valence-electron chi connectivity index (χ0n) is 19.7. The fourth-order valence-corrected chi connectivity index (χ4v) is 4.00. The van der Waals surface area contributed by atoms with Crippen LogP contribution in [0, 0.1) is 0 Å². The largest absolute Gasteiger partial charge is 0.508 e. The molecule has 0 bridgehead atoms. The van der Waals surface area contributed by atoms with Gasteiger partial charge in [0.25, 0.3) is 0 Å². The highest BCUT2D eigenvalue weighted by atomic mass is 16.8. The second-order valence-corrected chi connectivity index (χ2v) is 8.48. The monoisotopic (exact) mass is 530 g/mol. The fraction of sp³-hybridized carbons (Fsp3) is 0.565. The topological polar surface area (TPSA) is 222 Å². The maximum Gasteiger partial charge on any atom is 0.331 e. The number of phenolic OH excluding ortho intramolecular Hbond substituents is 1. The molecule has 2 aliphatic heterocycles. The molecule has 2 fully saturated rings. The lowest BCUT2D eigenvalue weighted by atomic mass is 9.98. The molecule has 2 saturated heterocycles. The second kappa shape index (κ2) is 12.3. The molecule has 2 aliphatic rings. The normalized spacial score (nSPS) is 36.0. The molecule has 0 spiro atoms. The summed E-state index contributed by atoms with van der Waals surface area (Å²) in [5.74, 6) is -4.24. The van der Waals surface area contributed by atoms with Crippen LogP contribution in [0.15, 0.2) is 30.3 Å². The molecule has 0 unspecified atom stereocenters. The Morgan fingerprint density at radius 2 is 1.62 bits per heavy atom. The van der Waals surface area contributed by atoms with Crippen LogP contribution in [0.5, 0.6) is 5.75 Å². The number of benzene rings is 1. The first-order valence-corrected chi connectivity index (χ1v) is 11.3. The molecule has 1 aromatic rings. The van der Waals surface area contributed by atoms with Crippen LogP contribution in [0.2, 0.25) is 0 Å². The lowest BCUT2D eigenvalue weighted by molar-refractivity contribution is -0.383. The second-order valence-electron chi connectivity index (χ2n) is 8.48. The van der Waals surface area contributed by atoms with E-state index in [9.17, 15) is 45.3 Å². The third kappa shape index (κ3) is 6.43. The molecule has 37 heavy (non-hydrogen) atoms. The molecule has 2 heterocycles. The van der Waals surface area contributed by atoms with Crippen molar-refractivity contribution in [3.05, 3.63) is 35.9 Å². The molecule has 0 saturated carbocycles. The third-order valence-electron chi connectivity index (χ3n) is 5.86. The number of esters is 2. The van der Waals surface area contributed by atoms with Gasteiger partial charge in [0.05, 0.1) is 13.2 Å². The van der Waals surface area contributed by atoms with Crippen molar-refractivity contribution in [1.82, 2.24) is 0 Å². The first-order valence-electron chi connectivity index (χ1n) is 11.3. The van der Waals surface area contributed by atoms with Crippen LogP contribution in [0.1, 0.15) is 12.5 Å². The van der Waals surface area contributed by atoms with Gasteiger partial charge in [-0.2, -0.15) is 0 Å². The Balaban J connectivity index is 1.84. The van der Waals surface area contributed by atoms with Crippen LogP contribution in [-0.2, 0) is 33.3 Å². The zero-order chi connectivity index (χ0) is 27.3. The average molecular weight is 530 g/mol. The average Bonchev–Trinajstić information content (AvgIpc) is 3.13. The Kier molecular flexibility index (Phi) is 9.57. The number of carbonyl (C=O) groups is 2. The summed E-state index contributed by atoms with van der Waals surface area (Å²) < 4.78 is 26.7. The van der Waals surface area contributed by atoms with Crippen molar-refractivity contribution in [2.45, 2.75) is 61.7 Å². The van der Waals surface area contributed by atoms with Crippen LogP contribution in [0.25, 0.3) is 6.08 Å². The zero-order valence-corrected chi connectivity index (χ0v) is 19.7. The van der Waals surface area contributed by atoms with Crippen molar-refractivity contribution >= 4 is 18.0 Å². The van der Waals surface area contributed by atoms with E-state index in [1.807, 2.05) is 0 Å². The SMILES string of the molecule is CC(=O)O[C@@H]1[C@@H](O)[C@@H](O[C@]2(CO)O[C@H](CO)[C@@H](O)[C@@H]2OC(=O)/C=C/c2ccc(O)cc2)O[C@H](CO)[C@H]1O. The number of ether oxygens (including phenoxy) is 5. The van der Waals surface area contributed by atoms with Crippen LogP contribution in [0.3, 0.4) is 0 Å². The molecule has 14 nitrogen and oxygen atoms in total. The Labute approximate surface area is 210 Å². The number of carbonyl (C=O) groups excluding carboxylic acids is 2. The predicted octanol–water partition coefficient (Wildman–Crippen LogP) is -2.85. The summed E-state index contributed by atoms with van der Waals surface area (Å²) in [6.07, 6.45) is -10.9. The van der Waals surface area contributed by atoms with Gasteiger partial charge in [-0.05, 0) is 23.8 Å². The number of hydrogen-bond donors (Lipinski definition) is 7. The fourth-order valence-electron chi connectivity index (χ4n) is 4.00. The molecule has 206 valence electrons. The Morgan fingerprint density at radius 3 is 2.19 bits per heavy atom. The Bertz CT molecular complexity index is 951. The molecule has 9 atom stereocenters. The van der Waals surface area contributed by atoms with Gasteiger partial charge < -0.3 is 59.4 Å². The summed E-state index contributed by atoms with van der Waals surface area (Å²) in [6, 6.07) is 5.82. The summed E-state index contributed by atoms with van der Waals surface area (Å²) >= 11 is 0. The predicted molar refractivity (Wildman–Crippen MR) is 119 cm³/mol. The quantitative estimate of drug-likeness (QED) is 0.126. The molecular formula is C23H30O14. The minimum Gasteiger partial charge on any atom is -0.508 e. The van der Waals surface area contributed by atoms with E-state index in [-0.39, 0.29) is 5.75 Å². The van der Waals surface area contributed by atoms with E-state index in [1.54, 1.807) is 0 Å². The van der Waals surface area contributed by atoms with Crippen molar-refractivity contribution in [2.75, 3.05) is 19.8 Å². The molecule has 0 aromatic heterocycles. The van der Waals surface area contributed by atoms with Gasteiger partial charge in [-0.15, -0.1) is 0 Å². The summed E-state index contributed by atoms with van der Waals surface area (Å²) in [5.41, 5.74) is 0.528. The summed E-state index contributed by atoms with van der Waals surface area (Å²) in [7, 11) is 0. The number of aliphatic hydroxyl groups is 6. The van der Waals surface area contributed by atoms with Gasteiger partial charge in [-0.3, -0.25) is 4.79 Å². The highest BCUT2D eigenvalue weighted by Crippen LogP contribution is 2.38. The summed E-state index contributed by atoms with van der Waals surface area (Å²) in [5, 5.41) is 70.3. The van der Waals surface area contributed by atoms with Gasteiger partial charge in [0.1, 0.15) is 42.9 Å².